The summed E-state index contributed by atoms with van der Waals surface area (Å²) in [5.41, 5.74) is -1.60. The van der Waals surface area contributed by atoms with E-state index in [2.05, 4.69) is 27.7 Å². The lowest BCUT2D eigenvalue weighted by Crippen LogP contribution is -2.69. The number of alkyl halides is 1. The largest absolute Gasteiger partial charge is 0.390 e. The lowest BCUT2D eigenvalue weighted by Gasteiger charge is -2.63. The number of hydrogen-bond acceptors (Lipinski definition) is 8. The van der Waals surface area contributed by atoms with Crippen molar-refractivity contribution >= 4 is 29.2 Å². The fraction of sp³-hybridized carbons (Fsp3) is 0.645. The molecule has 0 aromatic heterocycles. The highest BCUT2D eigenvalue weighted by Gasteiger charge is 2.76. The second kappa shape index (κ2) is 11.7. The van der Waals surface area contributed by atoms with Crippen LogP contribution in [0.4, 0.5) is 4.39 Å². The molecule has 3 fully saturated rings. The summed E-state index contributed by atoms with van der Waals surface area (Å²) in [7, 11) is 1.45. The van der Waals surface area contributed by atoms with Gasteiger partial charge in [-0.05, 0) is 63.5 Å². The minimum absolute atomic E-state index is 0.00486. The molecule has 8 atom stereocenters. The van der Waals surface area contributed by atoms with Gasteiger partial charge < -0.3 is 25.6 Å². The first-order valence-corrected chi connectivity index (χ1v) is 14.7. The molecule has 0 aromatic rings. The number of nitrogens with zero attached hydrogens (tertiary/aromatic N) is 1. The van der Waals surface area contributed by atoms with Gasteiger partial charge in [-0.25, -0.2) is 9.82 Å². The van der Waals surface area contributed by atoms with E-state index >= 15 is 4.39 Å². The van der Waals surface area contributed by atoms with E-state index < -0.39 is 64.2 Å². The first-order valence-electron chi connectivity index (χ1n) is 14.7. The summed E-state index contributed by atoms with van der Waals surface area (Å²) in [6.45, 7) is 9.19. The van der Waals surface area contributed by atoms with Crippen LogP contribution in [0.5, 0.6) is 0 Å². The molecule has 5 N–H and O–H groups in total. The summed E-state index contributed by atoms with van der Waals surface area (Å²) in [5.74, 6) is -3.13. The predicted molar refractivity (Wildman–Crippen MR) is 156 cm³/mol. The topological polar surface area (TPSA) is 166 Å². The lowest BCUT2D eigenvalue weighted by atomic mass is 9.44. The SMILES string of the molecule is C=C(C)C(=O)NCC(=O)NCC(=O)N/N=C1\C=C[C@@]2(C)C(=C1)CC[C@H]1[C@@H]3C[C@@H](C)[C@](OC)(C(=O)CO)[C@@]3(C)C[C@H](O)[C@@]12F. The molecular formula is C31H43FN4O7. The molecule has 0 unspecified atom stereocenters. The fourth-order valence-corrected chi connectivity index (χ4v) is 8.59. The van der Waals surface area contributed by atoms with Crippen LogP contribution in [0.15, 0.2) is 41.1 Å². The van der Waals surface area contributed by atoms with Gasteiger partial charge in [0.05, 0.1) is 24.9 Å². The standard InChI is InChI=1S/C31H43FN4O7/c1-17(2)27(42)34-14-25(40)33-15-26(41)36-35-20-9-10-28(4)19(12-20)7-8-21-22-11-18(3)31(43-6,24(39)16-37)29(22,5)13-23(38)30(21,28)32/h9-10,12,18,21-23,37-38H,1,7-8,11,13-16H2,2-6H3,(H,33,40)(H,34,42)(H,36,41)/b35-20+/t18-,21+,22+,23+,28+,29+,30+,31+/m1/s1. The van der Waals surface area contributed by atoms with Gasteiger partial charge in [0.2, 0.25) is 11.8 Å². The molecule has 3 amide bonds. The number of hydrogen-bond donors (Lipinski definition) is 5. The molecule has 12 heteroatoms. The molecule has 0 bridgehead atoms. The van der Waals surface area contributed by atoms with Crippen molar-refractivity contribution in [1.82, 2.24) is 16.1 Å². The molecule has 4 aliphatic rings. The molecular weight excluding hydrogens is 559 g/mol. The Kier molecular flexibility index (Phi) is 8.89. The third-order valence-corrected chi connectivity index (χ3v) is 10.6. The van der Waals surface area contributed by atoms with Crippen LogP contribution in [-0.2, 0) is 23.9 Å². The predicted octanol–water partition coefficient (Wildman–Crippen LogP) is 1.26. The van der Waals surface area contributed by atoms with Gasteiger partial charge >= 0.3 is 0 Å². The van der Waals surface area contributed by atoms with E-state index in [1.165, 1.54) is 14.0 Å². The Balaban J connectivity index is 1.48. The van der Waals surface area contributed by atoms with Crippen LogP contribution < -0.4 is 16.1 Å². The van der Waals surface area contributed by atoms with Crippen molar-refractivity contribution in [2.24, 2.45) is 33.7 Å². The number of halogens is 1. The number of hydrazone groups is 1. The van der Waals surface area contributed by atoms with Crippen LogP contribution in [-0.4, -0.2) is 83.6 Å². The minimum atomic E-state index is -2.03. The van der Waals surface area contributed by atoms with Crippen LogP contribution in [0.1, 0.15) is 53.4 Å². The van der Waals surface area contributed by atoms with Gasteiger partial charge in [-0.2, -0.15) is 5.10 Å². The number of fused-ring (bicyclic) bond motifs is 5. The van der Waals surface area contributed by atoms with Crippen LogP contribution in [0.2, 0.25) is 0 Å². The average Bonchev–Trinajstić information content (AvgIpc) is 3.19. The first kappa shape index (κ1) is 32.7. The van der Waals surface area contributed by atoms with Crippen molar-refractivity contribution in [3.63, 3.8) is 0 Å². The van der Waals surface area contributed by atoms with Gasteiger partial charge in [0, 0.05) is 29.4 Å². The third kappa shape index (κ3) is 4.97. The molecule has 0 heterocycles. The third-order valence-electron chi connectivity index (χ3n) is 10.6. The highest BCUT2D eigenvalue weighted by Crippen LogP contribution is 2.71. The average molecular weight is 603 g/mol. The van der Waals surface area contributed by atoms with Crippen molar-refractivity contribution in [3.05, 3.63) is 36.0 Å². The number of allylic oxidation sites excluding steroid dienone is 4. The van der Waals surface area contributed by atoms with Gasteiger partial charge in [0.15, 0.2) is 11.5 Å². The maximum Gasteiger partial charge on any atom is 0.259 e. The molecule has 236 valence electrons. The first-order chi connectivity index (χ1) is 20.1. The smallest absolute Gasteiger partial charge is 0.259 e. The number of nitrogens with one attached hydrogen (secondary N) is 3. The maximum absolute atomic E-state index is 17.6. The van der Waals surface area contributed by atoms with E-state index in [-0.39, 0.29) is 36.9 Å². The molecule has 4 aliphatic carbocycles. The van der Waals surface area contributed by atoms with Gasteiger partial charge in [-0.15, -0.1) is 0 Å². The second-order valence-electron chi connectivity index (χ2n) is 12.8. The highest BCUT2D eigenvalue weighted by atomic mass is 19.1. The van der Waals surface area contributed by atoms with Crippen molar-refractivity contribution in [2.45, 2.75) is 70.8 Å². The van der Waals surface area contributed by atoms with Crippen molar-refractivity contribution in [3.8, 4) is 0 Å². The van der Waals surface area contributed by atoms with Gasteiger partial charge in [0.25, 0.3) is 5.91 Å². The number of aliphatic hydroxyl groups is 2. The Labute approximate surface area is 251 Å². The van der Waals surface area contributed by atoms with Crippen molar-refractivity contribution < 1.29 is 38.5 Å². The molecule has 0 aromatic carbocycles. The number of rotatable bonds is 9. The van der Waals surface area contributed by atoms with Crippen LogP contribution in [0.3, 0.4) is 0 Å². The Hall–Kier alpha value is -3.22. The normalized spacial score (nSPS) is 38.7. The number of methoxy groups -OCH3 is 1. The van der Waals surface area contributed by atoms with E-state index in [0.29, 0.717) is 25.0 Å². The molecule has 4 rings (SSSR count). The van der Waals surface area contributed by atoms with E-state index in [1.807, 2.05) is 13.8 Å². The summed E-state index contributed by atoms with van der Waals surface area (Å²) in [6.07, 6.45) is 5.12. The summed E-state index contributed by atoms with van der Waals surface area (Å²) >= 11 is 0. The lowest BCUT2D eigenvalue weighted by molar-refractivity contribution is -0.224. The Morgan fingerprint density at radius 2 is 1.84 bits per heavy atom. The Bertz CT molecular complexity index is 1310. The number of Topliss-reactive ketones (excluding diaryl/α,β-unsaturated/α-hetero) is 1. The van der Waals surface area contributed by atoms with Gasteiger partial charge in [-0.3, -0.25) is 19.2 Å². The van der Waals surface area contributed by atoms with Crippen LogP contribution in [0.25, 0.3) is 0 Å². The summed E-state index contributed by atoms with van der Waals surface area (Å²) < 4.78 is 23.5. The number of ether oxygens (including phenoxy) is 1. The van der Waals surface area contributed by atoms with E-state index in [9.17, 15) is 29.4 Å². The molecule has 0 aliphatic heterocycles. The number of amides is 3. The summed E-state index contributed by atoms with van der Waals surface area (Å²) in [6, 6.07) is 0. The summed E-state index contributed by atoms with van der Waals surface area (Å²) in [4.78, 5) is 48.7. The quantitative estimate of drug-likeness (QED) is 0.196. The number of ketones is 1. The molecule has 43 heavy (non-hydrogen) atoms. The molecule has 11 nitrogen and oxygen atoms in total. The van der Waals surface area contributed by atoms with Crippen LogP contribution in [0, 0.1) is 28.6 Å². The van der Waals surface area contributed by atoms with Gasteiger partial charge in [0.1, 0.15) is 12.2 Å². The van der Waals surface area contributed by atoms with Crippen molar-refractivity contribution in [2.75, 3.05) is 26.8 Å². The molecule has 3 saturated carbocycles. The maximum atomic E-state index is 17.6. The summed E-state index contributed by atoms with van der Waals surface area (Å²) in [5, 5.41) is 30.3. The Morgan fingerprint density at radius 1 is 1.16 bits per heavy atom. The molecule has 0 spiro atoms. The van der Waals surface area contributed by atoms with E-state index in [4.69, 9.17) is 4.74 Å². The monoisotopic (exact) mass is 602 g/mol. The molecule has 0 radical (unpaired) electrons. The Morgan fingerprint density at radius 3 is 2.47 bits per heavy atom. The zero-order chi connectivity index (χ0) is 32.0. The number of carbonyl (C=O) groups is 4. The van der Waals surface area contributed by atoms with E-state index in [1.54, 1.807) is 25.2 Å². The highest BCUT2D eigenvalue weighted by molar-refractivity contribution is 6.06. The van der Waals surface area contributed by atoms with Crippen LogP contribution >= 0.6 is 0 Å². The van der Waals surface area contributed by atoms with Crippen molar-refractivity contribution in [1.29, 1.82) is 0 Å². The molecule has 0 saturated heterocycles. The number of carbonyl (C=O) groups excluding carboxylic acids is 4. The van der Waals surface area contributed by atoms with E-state index in [0.717, 1.165) is 5.57 Å². The minimum Gasteiger partial charge on any atom is -0.390 e. The second-order valence-corrected chi connectivity index (χ2v) is 12.8. The zero-order valence-electron chi connectivity index (χ0n) is 25.5. The zero-order valence-corrected chi connectivity index (χ0v) is 25.5. The number of aliphatic hydroxyl groups excluding tert-OH is 2. The fourth-order valence-electron chi connectivity index (χ4n) is 8.59. The van der Waals surface area contributed by atoms with Gasteiger partial charge in [-0.1, -0.05) is 32.1 Å².